The van der Waals surface area contributed by atoms with Gasteiger partial charge in [-0.15, -0.1) is 11.8 Å². The molecule has 0 radical (unpaired) electrons. The van der Waals surface area contributed by atoms with Crippen LogP contribution in [0, 0.1) is 0 Å². The summed E-state index contributed by atoms with van der Waals surface area (Å²) in [4.78, 5) is 24.7. The minimum absolute atomic E-state index is 0.0894. The Hall–Kier alpha value is -1.69. The summed E-state index contributed by atoms with van der Waals surface area (Å²) in [6.45, 7) is 5.89. The molecule has 116 valence electrons. The van der Waals surface area contributed by atoms with Gasteiger partial charge in [-0.1, -0.05) is 13.8 Å². The largest absolute Gasteiger partial charge is 0.496 e. The normalized spacial score (nSPS) is 10.4. The zero-order valence-corrected chi connectivity index (χ0v) is 13.7. The first-order valence-corrected chi connectivity index (χ1v) is 7.46. The van der Waals surface area contributed by atoms with E-state index in [9.17, 15) is 9.59 Å². The van der Waals surface area contributed by atoms with Crippen LogP contribution in [-0.2, 0) is 9.53 Å². The smallest absolute Gasteiger partial charge is 0.379 e. The van der Waals surface area contributed by atoms with Crippen LogP contribution in [0.3, 0.4) is 0 Å². The fourth-order valence-electron chi connectivity index (χ4n) is 1.75. The number of hydrogen-bond donors (Lipinski definition) is 0. The second kappa shape index (κ2) is 7.93. The first-order valence-electron chi connectivity index (χ1n) is 6.58. The third kappa shape index (κ3) is 4.39. The molecule has 21 heavy (non-hydrogen) atoms. The topological polar surface area (TPSA) is 61.8 Å². The second-order valence-corrected chi connectivity index (χ2v) is 6.07. The number of carbonyl (C=O) groups is 2. The molecular formula is C15H20O5S. The van der Waals surface area contributed by atoms with E-state index < -0.39 is 11.8 Å². The molecule has 0 atom stereocenters. The molecule has 0 aliphatic rings. The Bertz CT molecular complexity index is 500. The van der Waals surface area contributed by atoms with Crippen LogP contribution in [0.25, 0.3) is 0 Å². The number of Topliss-reactive ketones (excluding diaryl/α,β-unsaturated/α-hetero) is 1. The average Bonchev–Trinajstić information content (AvgIpc) is 2.45. The van der Waals surface area contributed by atoms with Gasteiger partial charge in [-0.05, 0) is 19.1 Å². The Morgan fingerprint density at radius 2 is 1.67 bits per heavy atom. The lowest BCUT2D eigenvalue weighted by Gasteiger charge is -2.14. The van der Waals surface area contributed by atoms with Gasteiger partial charge in [-0.25, -0.2) is 4.79 Å². The van der Waals surface area contributed by atoms with E-state index in [1.165, 1.54) is 14.2 Å². The molecule has 0 amide bonds. The Labute approximate surface area is 129 Å². The molecule has 0 saturated carbocycles. The van der Waals surface area contributed by atoms with E-state index in [2.05, 4.69) is 13.8 Å². The Morgan fingerprint density at radius 1 is 1.14 bits per heavy atom. The predicted octanol–water partition coefficient (Wildman–Crippen LogP) is 2.95. The zero-order chi connectivity index (χ0) is 16.0. The molecule has 0 fully saturated rings. The van der Waals surface area contributed by atoms with Gasteiger partial charge in [0.1, 0.15) is 17.1 Å². The van der Waals surface area contributed by atoms with Crippen LogP contribution in [0.15, 0.2) is 17.0 Å². The minimum atomic E-state index is -0.918. The van der Waals surface area contributed by atoms with Gasteiger partial charge in [0, 0.05) is 10.1 Å². The van der Waals surface area contributed by atoms with E-state index in [4.69, 9.17) is 14.2 Å². The van der Waals surface area contributed by atoms with E-state index in [1.807, 2.05) is 0 Å². The van der Waals surface area contributed by atoms with Gasteiger partial charge in [-0.3, -0.25) is 4.79 Å². The van der Waals surface area contributed by atoms with Crippen molar-refractivity contribution in [1.29, 1.82) is 0 Å². The van der Waals surface area contributed by atoms with Gasteiger partial charge >= 0.3 is 5.97 Å². The lowest BCUT2D eigenvalue weighted by atomic mass is 10.1. The van der Waals surface area contributed by atoms with Gasteiger partial charge in [0.05, 0.1) is 20.8 Å². The van der Waals surface area contributed by atoms with Crippen molar-refractivity contribution in [3.05, 3.63) is 17.7 Å². The summed E-state index contributed by atoms with van der Waals surface area (Å²) in [5.41, 5.74) is 0.0894. The summed E-state index contributed by atoms with van der Waals surface area (Å²) < 4.78 is 15.2. The van der Waals surface area contributed by atoms with E-state index in [1.54, 1.807) is 30.8 Å². The van der Waals surface area contributed by atoms with E-state index in [-0.39, 0.29) is 12.2 Å². The molecule has 1 rings (SSSR count). The summed E-state index contributed by atoms with van der Waals surface area (Å²) in [5, 5.41) is 0.367. The molecule has 0 aliphatic carbocycles. The van der Waals surface area contributed by atoms with Crippen LogP contribution >= 0.6 is 11.8 Å². The summed E-state index contributed by atoms with van der Waals surface area (Å²) in [7, 11) is 2.89. The van der Waals surface area contributed by atoms with Crippen LogP contribution in [0.1, 0.15) is 31.1 Å². The molecular weight excluding hydrogens is 292 g/mol. The molecule has 0 aliphatic heterocycles. The number of ketones is 1. The monoisotopic (exact) mass is 312 g/mol. The summed E-state index contributed by atoms with van der Waals surface area (Å²) in [5.74, 6) is -1.09. The average molecular weight is 312 g/mol. The van der Waals surface area contributed by atoms with Crippen molar-refractivity contribution in [3.8, 4) is 11.5 Å². The SMILES string of the molecule is CCOC(=O)C(=O)c1c(OC)cc(SC(C)C)cc1OC. The number of methoxy groups -OCH3 is 2. The van der Waals surface area contributed by atoms with Crippen molar-refractivity contribution in [3.63, 3.8) is 0 Å². The number of ether oxygens (including phenoxy) is 3. The maximum absolute atomic E-state index is 12.2. The molecule has 1 aromatic carbocycles. The lowest BCUT2D eigenvalue weighted by molar-refractivity contribution is -0.137. The molecule has 5 nitrogen and oxygen atoms in total. The van der Waals surface area contributed by atoms with Gasteiger partial charge in [0.15, 0.2) is 0 Å². The molecule has 1 aromatic rings. The Balaban J connectivity index is 3.29. The predicted molar refractivity (Wildman–Crippen MR) is 81.5 cm³/mol. The number of hydrogen-bond acceptors (Lipinski definition) is 6. The van der Waals surface area contributed by atoms with E-state index >= 15 is 0 Å². The van der Waals surface area contributed by atoms with Crippen molar-refractivity contribution in [1.82, 2.24) is 0 Å². The third-order valence-electron chi connectivity index (χ3n) is 2.54. The highest BCUT2D eigenvalue weighted by molar-refractivity contribution is 7.99. The van der Waals surface area contributed by atoms with Crippen molar-refractivity contribution < 1.29 is 23.8 Å². The summed E-state index contributed by atoms with van der Waals surface area (Å²) in [6, 6.07) is 3.44. The number of rotatable bonds is 7. The highest BCUT2D eigenvalue weighted by Gasteiger charge is 2.27. The second-order valence-electron chi connectivity index (χ2n) is 4.42. The number of esters is 1. The molecule has 0 aromatic heterocycles. The van der Waals surface area contributed by atoms with E-state index in [0.717, 1.165) is 4.90 Å². The fourth-order valence-corrected chi connectivity index (χ4v) is 2.65. The molecule has 6 heteroatoms. The molecule has 0 saturated heterocycles. The molecule has 0 heterocycles. The van der Waals surface area contributed by atoms with Crippen LogP contribution in [0.4, 0.5) is 0 Å². The standard InChI is InChI=1S/C15H20O5S/c1-6-20-15(17)14(16)13-11(18-4)7-10(21-9(2)3)8-12(13)19-5/h7-9H,6H2,1-5H3. The maximum Gasteiger partial charge on any atom is 0.379 e. The number of thioether (sulfide) groups is 1. The van der Waals surface area contributed by atoms with Gasteiger partial charge in [0.25, 0.3) is 5.78 Å². The van der Waals surface area contributed by atoms with Gasteiger partial charge < -0.3 is 14.2 Å². The lowest BCUT2D eigenvalue weighted by Crippen LogP contribution is -2.19. The summed E-state index contributed by atoms with van der Waals surface area (Å²) in [6.07, 6.45) is 0. The zero-order valence-electron chi connectivity index (χ0n) is 12.9. The van der Waals surface area contributed by atoms with Crippen LogP contribution < -0.4 is 9.47 Å². The first kappa shape index (κ1) is 17.4. The maximum atomic E-state index is 12.2. The summed E-state index contributed by atoms with van der Waals surface area (Å²) >= 11 is 1.61. The van der Waals surface area contributed by atoms with Crippen molar-refractivity contribution in [2.75, 3.05) is 20.8 Å². The molecule has 0 N–H and O–H groups in total. The first-order chi connectivity index (χ1) is 9.94. The fraction of sp³-hybridized carbons (Fsp3) is 0.467. The minimum Gasteiger partial charge on any atom is -0.496 e. The van der Waals surface area contributed by atoms with E-state index in [0.29, 0.717) is 16.7 Å². The van der Waals surface area contributed by atoms with Crippen molar-refractivity contribution in [2.24, 2.45) is 0 Å². The highest BCUT2D eigenvalue weighted by Crippen LogP contribution is 2.36. The molecule has 0 bridgehead atoms. The van der Waals surface area contributed by atoms with Crippen molar-refractivity contribution >= 4 is 23.5 Å². The number of carbonyl (C=O) groups excluding carboxylic acids is 2. The highest BCUT2D eigenvalue weighted by atomic mass is 32.2. The number of benzene rings is 1. The van der Waals surface area contributed by atoms with Crippen molar-refractivity contribution in [2.45, 2.75) is 30.9 Å². The molecule has 0 unspecified atom stereocenters. The Kier molecular flexibility index (Phi) is 6.55. The van der Waals surface area contributed by atoms with Crippen LogP contribution in [0.5, 0.6) is 11.5 Å². The van der Waals surface area contributed by atoms with Gasteiger partial charge in [-0.2, -0.15) is 0 Å². The Morgan fingerprint density at radius 3 is 2.05 bits per heavy atom. The van der Waals surface area contributed by atoms with Gasteiger partial charge in [0.2, 0.25) is 0 Å². The van der Waals surface area contributed by atoms with Crippen LogP contribution in [0.2, 0.25) is 0 Å². The van der Waals surface area contributed by atoms with Crippen LogP contribution in [-0.4, -0.2) is 37.8 Å². The quantitative estimate of drug-likeness (QED) is 0.334. The third-order valence-corrected chi connectivity index (χ3v) is 3.52. The molecule has 0 spiro atoms.